The van der Waals surface area contributed by atoms with Crippen LogP contribution < -0.4 is 10.2 Å². The fourth-order valence-electron chi connectivity index (χ4n) is 4.31. The molecule has 1 N–H and O–H groups in total. The van der Waals surface area contributed by atoms with Crippen LogP contribution in [0.1, 0.15) is 48.1 Å². The molecular weight excluding hydrogens is 432 g/mol. The number of rotatable bonds is 6. The second-order valence-corrected chi connectivity index (χ2v) is 8.43. The number of nitrogens with one attached hydrogen (secondary N) is 1. The van der Waals surface area contributed by atoms with E-state index in [-0.39, 0.29) is 42.6 Å². The molecule has 33 heavy (non-hydrogen) atoms. The highest BCUT2D eigenvalue weighted by molar-refractivity contribution is 6.03. The zero-order valence-corrected chi connectivity index (χ0v) is 18.0. The summed E-state index contributed by atoms with van der Waals surface area (Å²) in [6, 6.07) is 7.41. The summed E-state index contributed by atoms with van der Waals surface area (Å²) >= 11 is 0. The molecule has 172 valence electrons. The number of esters is 1. The molecule has 1 aromatic carbocycles. The minimum Gasteiger partial charge on any atom is -0.464 e. The molecule has 1 saturated carbocycles. The molecule has 2 fully saturated rings. The predicted molar refractivity (Wildman–Crippen MR) is 115 cm³/mol. The zero-order chi connectivity index (χ0) is 23.2. The van der Waals surface area contributed by atoms with Crippen LogP contribution in [0, 0.1) is 5.82 Å². The maximum absolute atomic E-state index is 14.4. The summed E-state index contributed by atoms with van der Waals surface area (Å²) in [5.74, 6) is -0.861. The zero-order valence-electron chi connectivity index (χ0n) is 18.0. The van der Waals surface area contributed by atoms with Crippen LogP contribution in [0.3, 0.4) is 0 Å². The molecule has 1 aliphatic heterocycles. The molecule has 2 unspecified atom stereocenters. The topological polar surface area (TPSA) is 88.8 Å². The van der Waals surface area contributed by atoms with Crippen molar-refractivity contribution in [2.45, 2.75) is 43.9 Å². The Morgan fingerprint density at radius 1 is 1.30 bits per heavy atom. The van der Waals surface area contributed by atoms with E-state index in [2.05, 4.69) is 15.4 Å². The van der Waals surface area contributed by atoms with Crippen LogP contribution in [0.15, 0.2) is 42.7 Å². The van der Waals surface area contributed by atoms with Crippen molar-refractivity contribution < 1.29 is 23.1 Å². The number of fused-ring (bicyclic) bond motifs is 1. The van der Waals surface area contributed by atoms with Crippen LogP contribution in [-0.4, -0.2) is 51.3 Å². The molecule has 0 radical (unpaired) electrons. The number of alkyl halides is 1. The molecule has 2 atom stereocenters. The van der Waals surface area contributed by atoms with Crippen molar-refractivity contribution in [3.05, 3.63) is 59.7 Å². The molecule has 8 nitrogen and oxygen atoms in total. The van der Waals surface area contributed by atoms with Crippen molar-refractivity contribution in [1.29, 1.82) is 0 Å². The first kappa shape index (κ1) is 21.3. The number of nitrogens with zero attached hydrogens (tertiary/aromatic N) is 4. The van der Waals surface area contributed by atoms with Crippen LogP contribution in [0.25, 0.3) is 5.65 Å². The van der Waals surface area contributed by atoms with Crippen molar-refractivity contribution >= 4 is 23.3 Å². The standard InChI is InChI=1S/C23H23F2N5O3/c1-2-33-22(32)23(7-8-23)28-21(31)17-12-26-30-9-6-19(27-20(17)30)29-13-16(25)11-18(29)14-4-3-5-15(24)10-14/h3-6,9-10,12,16,18H,2,7-8,11,13H2,1H3,(H,28,31). The second kappa shape index (κ2) is 8.09. The number of anilines is 1. The van der Waals surface area contributed by atoms with E-state index >= 15 is 0 Å². The molecule has 1 aliphatic carbocycles. The number of ether oxygens (including phenoxy) is 1. The lowest BCUT2D eigenvalue weighted by Crippen LogP contribution is -2.44. The van der Waals surface area contributed by atoms with Gasteiger partial charge in [-0.1, -0.05) is 12.1 Å². The highest BCUT2D eigenvalue weighted by Crippen LogP contribution is 2.38. The number of hydrogen-bond acceptors (Lipinski definition) is 6. The average Bonchev–Trinajstić information content (AvgIpc) is 3.28. The van der Waals surface area contributed by atoms with Gasteiger partial charge in [-0.05, 0) is 43.5 Å². The first-order chi connectivity index (χ1) is 15.9. The Hall–Kier alpha value is -3.56. The van der Waals surface area contributed by atoms with Crippen molar-refractivity contribution in [3.63, 3.8) is 0 Å². The largest absolute Gasteiger partial charge is 0.464 e. The number of amides is 1. The van der Waals surface area contributed by atoms with E-state index in [1.54, 1.807) is 36.2 Å². The van der Waals surface area contributed by atoms with Crippen LogP contribution in [0.5, 0.6) is 0 Å². The molecule has 3 heterocycles. The van der Waals surface area contributed by atoms with E-state index in [0.29, 0.717) is 24.2 Å². The minimum absolute atomic E-state index is 0.103. The van der Waals surface area contributed by atoms with Gasteiger partial charge in [0.05, 0.1) is 25.4 Å². The molecule has 0 bridgehead atoms. The Balaban J connectivity index is 1.44. The highest BCUT2D eigenvalue weighted by atomic mass is 19.1. The number of carbonyl (C=O) groups excluding carboxylic acids is 2. The minimum atomic E-state index is -1.09. The third-order valence-corrected chi connectivity index (χ3v) is 6.15. The molecule has 1 amide bonds. The van der Waals surface area contributed by atoms with Crippen LogP contribution in [0.4, 0.5) is 14.6 Å². The summed E-state index contributed by atoms with van der Waals surface area (Å²) in [6.07, 6.45) is 3.16. The summed E-state index contributed by atoms with van der Waals surface area (Å²) in [4.78, 5) is 31.5. The molecule has 3 aromatic rings. The Morgan fingerprint density at radius 3 is 2.85 bits per heavy atom. The third kappa shape index (κ3) is 3.90. The number of hydrogen-bond donors (Lipinski definition) is 1. The van der Waals surface area contributed by atoms with E-state index < -0.39 is 23.6 Å². The summed E-state index contributed by atoms with van der Waals surface area (Å²) in [5.41, 5.74) is 0.141. The number of benzene rings is 1. The Morgan fingerprint density at radius 2 is 2.12 bits per heavy atom. The van der Waals surface area contributed by atoms with Gasteiger partial charge >= 0.3 is 5.97 Å². The van der Waals surface area contributed by atoms with Crippen molar-refractivity contribution in [2.24, 2.45) is 0 Å². The maximum atomic E-state index is 14.4. The first-order valence-corrected chi connectivity index (χ1v) is 10.9. The summed E-state index contributed by atoms with van der Waals surface area (Å²) in [5, 5.41) is 6.94. The van der Waals surface area contributed by atoms with Crippen molar-refractivity contribution in [3.8, 4) is 0 Å². The van der Waals surface area contributed by atoms with Gasteiger partial charge in [0.2, 0.25) is 0 Å². The lowest BCUT2D eigenvalue weighted by molar-refractivity contribution is -0.146. The predicted octanol–water partition coefficient (Wildman–Crippen LogP) is 2.98. The van der Waals surface area contributed by atoms with Gasteiger partial charge < -0.3 is 15.0 Å². The normalized spacial score (nSPS) is 21.2. The second-order valence-electron chi connectivity index (χ2n) is 8.43. The summed E-state index contributed by atoms with van der Waals surface area (Å²) in [7, 11) is 0. The van der Waals surface area contributed by atoms with Gasteiger partial charge in [-0.25, -0.2) is 23.1 Å². The van der Waals surface area contributed by atoms with Crippen LogP contribution >= 0.6 is 0 Å². The Kier molecular flexibility index (Phi) is 5.22. The van der Waals surface area contributed by atoms with Gasteiger partial charge in [-0.15, -0.1) is 0 Å². The van der Waals surface area contributed by atoms with E-state index in [0.717, 1.165) is 0 Å². The quantitative estimate of drug-likeness (QED) is 0.575. The lowest BCUT2D eigenvalue weighted by atomic mass is 10.0. The van der Waals surface area contributed by atoms with Crippen LogP contribution in [0.2, 0.25) is 0 Å². The number of carbonyl (C=O) groups is 2. The highest BCUT2D eigenvalue weighted by Gasteiger charge is 2.53. The summed E-state index contributed by atoms with van der Waals surface area (Å²) < 4.78 is 34.7. The number of aromatic nitrogens is 3. The van der Waals surface area contributed by atoms with Gasteiger partial charge in [-0.2, -0.15) is 5.10 Å². The molecule has 10 heteroatoms. The summed E-state index contributed by atoms with van der Waals surface area (Å²) in [6.45, 7) is 2.05. The lowest BCUT2D eigenvalue weighted by Gasteiger charge is -2.25. The molecule has 2 aliphatic rings. The van der Waals surface area contributed by atoms with E-state index in [4.69, 9.17) is 4.74 Å². The van der Waals surface area contributed by atoms with Gasteiger partial charge in [0, 0.05) is 12.6 Å². The Bertz CT molecular complexity index is 1230. The third-order valence-electron chi connectivity index (χ3n) is 6.15. The monoisotopic (exact) mass is 455 g/mol. The van der Waals surface area contributed by atoms with Crippen molar-refractivity contribution in [1.82, 2.24) is 19.9 Å². The fourth-order valence-corrected chi connectivity index (χ4v) is 4.31. The van der Waals surface area contributed by atoms with Gasteiger partial charge in [0.25, 0.3) is 5.91 Å². The molecule has 2 aromatic heterocycles. The molecule has 1 saturated heterocycles. The number of halogens is 2. The van der Waals surface area contributed by atoms with Crippen molar-refractivity contribution in [2.75, 3.05) is 18.1 Å². The van der Waals surface area contributed by atoms with Crippen LogP contribution in [-0.2, 0) is 9.53 Å². The van der Waals surface area contributed by atoms with Gasteiger partial charge in [0.15, 0.2) is 5.65 Å². The Labute approximate surface area is 188 Å². The molecular formula is C23H23F2N5O3. The maximum Gasteiger partial charge on any atom is 0.331 e. The molecule has 5 rings (SSSR count). The van der Waals surface area contributed by atoms with E-state index in [1.807, 2.05) is 0 Å². The first-order valence-electron chi connectivity index (χ1n) is 10.9. The van der Waals surface area contributed by atoms with E-state index in [9.17, 15) is 18.4 Å². The van der Waals surface area contributed by atoms with Gasteiger partial charge in [0.1, 0.15) is 28.9 Å². The fraction of sp³-hybridized carbons (Fsp3) is 0.391. The van der Waals surface area contributed by atoms with Gasteiger partial charge in [-0.3, -0.25) is 4.79 Å². The average molecular weight is 455 g/mol. The smallest absolute Gasteiger partial charge is 0.331 e. The SMILES string of the molecule is CCOC(=O)C1(NC(=O)c2cnn3ccc(N4CC(F)CC4c4cccc(F)c4)nc23)CC1. The molecule has 0 spiro atoms. The van der Waals surface area contributed by atoms with E-state index in [1.165, 1.54) is 22.8 Å².